The van der Waals surface area contributed by atoms with Gasteiger partial charge in [-0.05, 0) is 37.0 Å². The minimum Gasteiger partial charge on any atom is -0.466 e. The van der Waals surface area contributed by atoms with E-state index in [0.717, 1.165) is 30.9 Å². The number of nitrogens with one attached hydrogen (secondary N) is 2. The molecule has 0 saturated heterocycles. The number of ether oxygens (including phenoxy) is 1. The van der Waals surface area contributed by atoms with Gasteiger partial charge in [-0.1, -0.05) is 13.8 Å². The van der Waals surface area contributed by atoms with E-state index in [1.807, 2.05) is 6.92 Å². The van der Waals surface area contributed by atoms with Gasteiger partial charge in [0.15, 0.2) is 5.11 Å². The molecular formula is C15H24N2O2S. The van der Waals surface area contributed by atoms with E-state index in [-0.39, 0.29) is 11.5 Å². The second kappa shape index (κ2) is 6.14. The zero-order valence-electron chi connectivity index (χ0n) is 12.7. The Hall–Kier alpha value is -1.07. The minimum atomic E-state index is 0.216. The molecule has 0 saturated carbocycles. The van der Waals surface area contributed by atoms with E-state index in [0.29, 0.717) is 11.7 Å². The molecule has 0 spiro atoms. The van der Waals surface area contributed by atoms with Crippen molar-refractivity contribution < 1.29 is 9.15 Å². The van der Waals surface area contributed by atoms with Crippen LogP contribution in [0, 0.1) is 12.3 Å². The zero-order chi connectivity index (χ0) is 14.8. The fourth-order valence-electron chi connectivity index (χ4n) is 2.79. The first-order valence-corrected chi connectivity index (χ1v) is 7.44. The molecular weight excluding hydrogens is 272 g/mol. The quantitative estimate of drug-likeness (QED) is 0.661. The lowest BCUT2D eigenvalue weighted by Crippen LogP contribution is -2.42. The van der Waals surface area contributed by atoms with E-state index in [4.69, 9.17) is 21.4 Å². The predicted molar refractivity (Wildman–Crippen MR) is 83.9 cm³/mol. The van der Waals surface area contributed by atoms with Crippen molar-refractivity contribution in [1.29, 1.82) is 0 Å². The average Bonchev–Trinajstić information content (AvgIpc) is 2.68. The van der Waals surface area contributed by atoms with Crippen LogP contribution in [0.4, 0.5) is 0 Å². The molecule has 1 aromatic rings. The van der Waals surface area contributed by atoms with E-state index in [2.05, 4.69) is 30.5 Å². The highest BCUT2D eigenvalue weighted by atomic mass is 32.1. The van der Waals surface area contributed by atoms with Gasteiger partial charge in [-0.15, -0.1) is 0 Å². The van der Waals surface area contributed by atoms with Gasteiger partial charge >= 0.3 is 0 Å². The molecule has 1 aromatic heterocycles. The Morgan fingerprint density at radius 1 is 1.55 bits per heavy atom. The number of rotatable bonds is 4. The van der Waals surface area contributed by atoms with Gasteiger partial charge in [0.05, 0.1) is 12.6 Å². The Morgan fingerprint density at radius 2 is 2.30 bits per heavy atom. The monoisotopic (exact) mass is 296 g/mol. The first-order valence-electron chi connectivity index (χ1n) is 7.04. The van der Waals surface area contributed by atoms with Gasteiger partial charge in [0.2, 0.25) is 0 Å². The van der Waals surface area contributed by atoms with Crippen molar-refractivity contribution in [2.24, 2.45) is 5.41 Å². The standard InChI is InChI=1S/C15H24N2O2S/c1-10-7-11-12(17-14(20)16-5-6-18-4)8-15(2,3)9-13(11)19-10/h7,12H,5-6,8-9H2,1-4H3,(H2,16,17,20). The van der Waals surface area contributed by atoms with Crippen LogP contribution in [-0.2, 0) is 11.2 Å². The van der Waals surface area contributed by atoms with Crippen LogP contribution in [0.15, 0.2) is 10.5 Å². The summed E-state index contributed by atoms with van der Waals surface area (Å²) in [7, 11) is 1.68. The number of furan rings is 1. The summed E-state index contributed by atoms with van der Waals surface area (Å²) in [6.45, 7) is 7.90. The maximum atomic E-state index is 5.83. The largest absolute Gasteiger partial charge is 0.466 e. The lowest BCUT2D eigenvalue weighted by molar-refractivity contribution is 0.203. The average molecular weight is 296 g/mol. The van der Waals surface area contributed by atoms with Crippen molar-refractivity contribution in [2.45, 2.75) is 39.7 Å². The van der Waals surface area contributed by atoms with Crippen LogP contribution < -0.4 is 10.6 Å². The number of hydrogen-bond acceptors (Lipinski definition) is 3. The van der Waals surface area contributed by atoms with Crippen molar-refractivity contribution in [2.75, 3.05) is 20.3 Å². The third-order valence-corrected chi connectivity index (χ3v) is 3.90. The second-order valence-electron chi connectivity index (χ2n) is 6.23. The molecule has 5 heteroatoms. The Morgan fingerprint density at radius 3 is 3.00 bits per heavy atom. The number of hydrogen-bond donors (Lipinski definition) is 2. The van der Waals surface area contributed by atoms with Crippen LogP contribution in [-0.4, -0.2) is 25.4 Å². The van der Waals surface area contributed by atoms with E-state index in [9.17, 15) is 0 Å². The normalized spacial score (nSPS) is 20.3. The van der Waals surface area contributed by atoms with Crippen molar-refractivity contribution in [1.82, 2.24) is 10.6 Å². The van der Waals surface area contributed by atoms with Gasteiger partial charge in [0, 0.05) is 25.6 Å². The van der Waals surface area contributed by atoms with Crippen LogP contribution >= 0.6 is 12.2 Å². The topological polar surface area (TPSA) is 46.4 Å². The summed E-state index contributed by atoms with van der Waals surface area (Å²) < 4.78 is 10.8. The van der Waals surface area contributed by atoms with Crippen LogP contribution in [0.3, 0.4) is 0 Å². The third kappa shape index (κ3) is 3.73. The summed E-state index contributed by atoms with van der Waals surface area (Å²) in [5, 5.41) is 7.24. The predicted octanol–water partition coefficient (Wildman–Crippen LogP) is 2.71. The molecule has 1 unspecified atom stereocenters. The first-order chi connectivity index (χ1) is 9.41. The first kappa shape index (κ1) is 15.3. The summed E-state index contributed by atoms with van der Waals surface area (Å²) in [5.74, 6) is 2.06. The number of fused-ring (bicyclic) bond motifs is 1. The van der Waals surface area contributed by atoms with Crippen LogP contribution in [0.2, 0.25) is 0 Å². The maximum Gasteiger partial charge on any atom is 0.166 e. The summed E-state index contributed by atoms with van der Waals surface area (Å²) in [6, 6.07) is 2.34. The summed E-state index contributed by atoms with van der Waals surface area (Å²) in [4.78, 5) is 0. The van der Waals surface area contributed by atoms with Crippen LogP contribution in [0.25, 0.3) is 0 Å². The van der Waals surface area contributed by atoms with E-state index < -0.39 is 0 Å². The fourth-order valence-corrected chi connectivity index (χ4v) is 3.03. The molecule has 1 aliphatic rings. The van der Waals surface area contributed by atoms with Crippen LogP contribution in [0.1, 0.15) is 43.4 Å². The number of thiocarbonyl (C=S) groups is 1. The third-order valence-electron chi connectivity index (χ3n) is 3.63. The van der Waals surface area contributed by atoms with Gasteiger partial charge in [-0.25, -0.2) is 0 Å². The molecule has 112 valence electrons. The SMILES string of the molecule is COCCNC(=S)NC1CC(C)(C)Cc2oc(C)cc21. The van der Waals surface area contributed by atoms with Gasteiger partial charge in [-0.3, -0.25) is 0 Å². The fraction of sp³-hybridized carbons (Fsp3) is 0.667. The molecule has 1 atom stereocenters. The molecule has 0 bridgehead atoms. The molecule has 2 N–H and O–H groups in total. The molecule has 4 nitrogen and oxygen atoms in total. The highest BCUT2D eigenvalue weighted by Crippen LogP contribution is 2.41. The molecule has 1 aliphatic carbocycles. The van der Waals surface area contributed by atoms with Crippen molar-refractivity contribution in [3.05, 3.63) is 23.2 Å². The lowest BCUT2D eigenvalue weighted by atomic mass is 9.75. The van der Waals surface area contributed by atoms with E-state index in [1.165, 1.54) is 5.56 Å². The molecule has 20 heavy (non-hydrogen) atoms. The molecule has 1 heterocycles. The molecule has 2 rings (SSSR count). The molecule has 0 fully saturated rings. The Bertz CT molecular complexity index is 482. The zero-order valence-corrected chi connectivity index (χ0v) is 13.5. The summed E-state index contributed by atoms with van der Waals surface area (Å²) >= 11 is 5.35. The number of methoxy groups -OCH3 is 1. The van der Waals surface area contributed by atoms with E-state index >= 15 is 0 Å². The molecule has 0 aromatic carbocycles. The smallest absolute Gasteiger partial charge is 0.166 e. The molecule has 0 amide bonds. The molecule has 0 aliphatic heterocycles. The highest BCUT2D eigenvalue weighted by molar-refractivity contribution is 7.80. The maximum absolute atomic E-state index is 5.83. The van der Waals surface area contributed by atoms with Gasteiger partial charge in [0.25, 0.3) is 0 Å². The minimum absolute atomic E-state index is 0.216. The molecule has 0 radical (unpaired) electrons. The number of aryl methyl sites for hydroxylation is 1. The van der Waals surface area contributed by atoms with Gasteiger partial charge < -0.3 is 19.8 Å². The van der Waals surface area contributed by atoms with Crippen molar-refractivity contribution >= 4 is 17.3 Å². The second-order valence-corrected chi connectivity index (χ2v) is 6.63. The Kier molecular flexibility index (Phi) is 4.70. The summed E-state index contributed by atoms with van der Waals surface area (Å²) in [6.07, 6.45) is 2.03. The van der Waals surface area contributed by atoms with Gasteiger partial charge in [0.1, 0.15) is 11.5 Å². The Labute approximate surface area is 126 Å². The van der Waals surface area contributed by atoms with E-state index in [1.54, 1.807) is 7.11 Å². The summed E-state index contributed by atoms with van der Waals surface area (Å²) in [5.41, 5.74) is 1.47. The highest BCUT2D eigenvalue weighted by Gasteiger charge is 2.35. The van der Waals surface area contributed by atoms with Crippen molar-refractivity contribution in [3.63, 3.8) is 0 Å². The van der Waals surface area contributed by atoms with Gasteiger partial charge in [-0.2, -0.15) is 0 Å². The van der Waals surface area contributed by atoms with Crippen molar-refractivity contribution in [3.8, 4) is 0 Å². The lowest BCUT2D eigenvalue weighted by Gasteiger charge is -2.35. The van der Waals surface area contributed by atoms with Crippen LogP contribution in [0.5, 0.6) is 0 Å². The Balaban J connectivity index is 2.05.